The normalized spacial score (nSPS) is 19.3. The Bertz CT molecular complexity index is 1150. The number of nitrogens with zero attached hydrogens (tertiary/aromatic N) is 4. The van der Waals surface area contributed by atoms with Crippen LogP contribution in [0.4, 0.5) is 0 Å². The van der Waals surface area contributed by atoms with Gasteiger partial charge in [0.1, 0.15) is 0 Å². The molecule has 4 heterocycles. The van der Waals surface area contributed by atoms with E-state index in [0.717, 1.165) is 53.8 Å². The van der Waals surface area contributed by atoms with Gasteiger partial charge in [-0.3, -0.25) is 9.89 Å². The molecule has 0 saturated carbocycles. The van der Waals surface area contributed by atoms with E-state index in [-0.39, 0.29) is 11.9 Å². The third kappa shape index (κ3) is 3.49. The SMILES string of the molecule is CC1CC(Cn2ccc3nc(-c4cn[nH]c4)ccc32)CCN1C(=O)c1ccccc1. The number of likely N-dealkylation sites (tertiary alicyclic amines) is 1. The number of H-pyrrole nitrogens is 1. The number of benzene rings is 1. The number of fused-ring (bicyclic) bond motifs is 1. The molecule has 1 saturated heterocycles. The van der Waals surface area contributed by atoms with E-state index < -0.39 is 0 Å². The molecule has 1 aliphatic heterocycles. The highest BCUT2D eigenvalue weighted by Gasteiger charge is 2.29. The van der Waals surface area contributed by atoms with Gasteiger partial charge >= 0.3 is 0 Å². The van der Waals surface area contributed by atoms with Gasteiger partial charge in [-0.05, 0) is 56.0 Å². The van der Waals surface area contributed by atoms with Crippen LogP contribution in [0, 0.1) is 5.92 Å². The smallest absolute Gasteiger partial charge is 0.254 e. The van der Waals surface area contributed by atoms with Gasteiger partial charge in [0.25, 0.3) is 5.91 Å². The highest BCUT2D eigenvalue weighted by atomic mass is 16.2. The van der Waals surface area contributed by atoms with Gasteiger partial charge in [-0.15, -0.1) is 0 Å². The monoisotopic (exact) mass is 399 g/mol. The van der Waals surface area contributed by atoms with E-state index in [2.05, 4.69) is 40.0 Å². The fraction of sp³-hybridized carbons (Fsp3) is 0.292. The standard InChI is InChI=1S/C24H25N5O/c1-17-13-18(9-12-29(17)24(30)19-5-3-2-4-6-19)16-28-11-10-22-23(28)8-7-21(27-22)20-14-25-26-15-20/h2-8,10-11,14-15,17-18H,9,12-13,16H2,1H3,(H,25,26). The van der Waals surface area contributed by atoms with Crippen molar-refractivity contribution in [3.63, 3.8) is 0 Å². The first-order valence-corrected chi connectivity index (χ1v) is 10.5. The van der Waals surface area contributed by atoms with Crippen LogP contribution in [0.1, 0.15) is 30.1 Å². The molecular weight excluding hydrogens is 374 g/mol. The van der Waals surface area contributed by atoms with Crippen LogP contribution in [0.5, 0.6) is 0 Å². The fourth-order valence-corrected chi connectivity index (χ4v) is 4.55. The quantitative estimate of drug-likeness (QED) is 0.554. The summed E-state index contributed by atoms with van der Waals surface area (Å²) in [5.41, 5.74) is 4.85. The molecule has 1 N–H and O–H groups in total. The summed E-state index contributed by atoms with van der Waals surface area (Å²) in [5, 5.41) is 6.85. The number of hydrogen-bond donors (Lipinski definition) is 1. The lowest BCUT2D eigenvalue weighted by atomic mass is 9.91. The first kappa shape index (κ1) is 18.6. The van der Waals surface area contributed by atoms with E-state index in [0.29, 0.717) is 5.92 Å². The molecule has 0 spiro atoms. The Morgan fingerprint density at radius 1 is 1.17 bits per heavy atom. The van der Waals surface area contributed by atoms with E-state index in [4.69, 9.17) is 4.98 Å². The van der Waals surface area contributed by atoms with Crippen LogP contribution in [-0.2, 0) is 6.54 Å². The molecule has 0 bridgehead atoms. The fourth-order valence-electron chi connectivity index (χ4n) is 4.55. The van der Waals surface area contributed by atoms with Gasteiger partial charge in [0.05, 0.1) is 22.9 Å². The molecule has 2 unspecified atom stereocenters. The first-order chi connectivity index (χ1) is 14.7. The molecule has 4 aromatic rings. The van der Waals surface area contributed by atoms with Crippen molar-refractivity contribution in [2.45, 2.75) is 32.4 Å². The number of pyridine rings is 1. The summed E-state index contributed by atoms with van der Waals surface area (Å²) in [5.74, 6) is 0.688. The molecule has 0 radical (unpaired) electrons. The van der Waals surface area contributed by atoms with Crippen molar-refractivity contribution in [3.8, 4) is 11.3 Å². The molecule has 1 fully saturated rings. The molecule has 1 amide bonds. The van der Waals surface area contributed by atoms with Crippen molar-refractivity contribution in [1.29, 1.82) is 0 Å². The molecule has 2 atom stereocenters. The first-order valence-electron chi connectivity index (χ1n) is 10.5. The minimum Gasteiger partial charge on any atom is -0.346 e. The zero-order valence-corrected chi connectivity index (χ0v) is 17.0. The van der Waals surface area contributed by atoms with Crippen LogP contribution in [0.3, 0.4) is 0 Å². The lowest BCUT2D eigenvalue weighted by molar-refractivity contribution is 0.0565. The molecule has 0 aliphatic carbocycles. The average molecular weight is 399 g/mol. The lowest BCUT2D eigenvalue weighted by Crippen LogP contribution is -2.45. The summed E-state index contributed by atoms with van der Waals surface area (Å²) in [6.07, 6.45) is 7.80. The predicted molar refractivity (Wildman–Crippen MR) is 117 cm³/mol. The zero-order valence-electron chi connectivity index (χ0n) is 17.0. The van der Waals surface area contributed by atoms with Gasteiger partial charge in [-0.25, -0.2) is 4.98 Å². The summed E-state index contributed by atoms with van der Waals surface area (Å²) in [4.78, 5) is 19.7. The molecule has 3 aromatic heterocycles. The van der Waals surface area contributed by atoms with Gasteiger partial charge in [-0.2, -0.15) is 5.10 Å². The van der Waals surface area contributed by atoms with Crippen molar-refractivity contribution in [1.82, 2.24) is 24.6 Å². The van der Waals surface area contributed by atoms with E-state index in [1.165, 1.54) is 0 Å². The van der Waals surface area contributed by atoms with Crippen LogP contribution >= 0.6 is 0 Å². The van der Waals surface area contributed by atoms with Gasteiger partial charge < -0.3 is 9.47 Å². The Hall–Kier alpha value is -3.41. The summed E-state index contributed by atoms with van der Waals surface area (Å²) in [7, 11) is 0. The molecule has 1 aromatic carbocycles. The lowest BCUT2D eigenvalue weighted by Gasteiger charge is -2.38. The van der Waals surface area contributed by atoms with Crippen LogP contribution in [0.25, 0.3) is 22.3 Å². The number of carbonyl (C=O) groups is 1. The second kappa shape index (κ2) is 7.78. The summed E-state index contributed by atoms with van der Waals surface area (Å²) in [6.45, 7) is 3.93. The molecule has 1 aliphatic rings. The van der Waals surface area contributed by atoms with E-state index in [1.54, 1.807) is 6.20 Å². The van der Waals surface area contributed by atoms with E-state index >= 15 is 0 Å². The number of amides is 1. The highest BCUT2D eigenvalue weighted by Crippen LogP contribution is 2.28. The topological polar surface area (TPSA) is 66.8 Å². The maximum atomic E-state index is 12.8. The van der Waals surface area contributed by atoms with Crippen molar-refractivity contribution in [3.05, 3.63) is 72.7 Å². The number of aromatic amines is 1. The predicted octanol–water partition coefficient (Wildman–Crippen LogP) is 4.37. The van der Waals surface area contributed by atoms with Crippen LogP contribution in [0.2, 0.25) is 0 Å². The average Bonchev–Trinajstić information content (AvgIpc) is 3.44. The van der Waals surface area contributed by atoms with E-state index in [1.807, 2.05) is 47.5 Å². The number of nitrogens with one attached hydrogen (secondary N) is 1. The van der Waals surface area contributed by atoms with Crippen LogP contribution in [0.15, 0.2) is 67.1 Å². The minimum absolute atomic E-state index is 0.143. The molecule has 6 heteroatoms. The van der Waals surface area contributed by atoms with Crippen LogP contribution < -0.4 is 0 Å². The Morgan fingerprint density at radius 3 is 2.80 bits per heavy atom. The Morgan fingerprint density at radius 2 is 2.03 bits per heavy atom. The van der Waals surface area contributed by atoms with Crippen molar-refractivity contribution >= 4 is 16.9 Å². The number of rotatable bonds is 4. The second-order valence-corrected chi connectivity index (χ2v) is 8.16. The van der Waals surface area contributed by atoms with E-state index in [9.17, 15) is 4.79 Å². The highest BCUT2D eigenvalue weighted by molar-refractivity contribution is 5.94. The molecule has 152 valence electrons. The number of piperidine rings is 1. The number of hydrogen-bond acceptors (Lipinski definition) is 3. The van der Waals surface area contributed by atoms with Crippen LogP contribution in [-0.4, -0.2) is 43.1 Å². The maximum absolute atomic E-state index is 12.8. The van der Waals surface area contributed by atoms with Crippen molar-refractivity contribution in [2.75, 3.05) is 6.54 Å². The zero-order chi connectivity index (χ0) is 20.5. The molecule has 30 heavy (non-hydrogen) atoms. The van der Waals surface area contributed by atoms with Gasteiger partial charge in [0, 0.05) is 42.7 Å². The number of aromatic nitrogens is 4. The summed E-state index contributed by atoms with van der Waals surface area (Å²) >= 11 is 0. The van der Waals surface area contributed by atoms with Gasteiger partial charge in [0.15, 0.2) is 0 Å². The molecule has 6 nitrogen and oxygen atoms in total. The van der Waals surface area contributed by atoms with Gasteiger partial charge in [0.2, 0.25) is 0 Å². The Balaban J connectivity index is 1.28. The second-order valence-electron chi connectivity index (χ2n) is 8.16. The summed E-state index contributed by atoms with van der Waals surface area (Å²) < 4.78 is 2.30. The third-order valence-corrected chi connectivity index (χ3v) is 6.14. The van der Waals surface area contributed by atoms with Gasteiger partial charge in [-0.1, -0.05) is 18.2 Å². The minimum atomic E-state index is 0.143. The Labute approximate surface area is 175 Å². The summed E-state index contributed by atoms with van der Waals surface area (Å²) in [6, 6.07) is 16.1. The largest absolute Gasteiger partial charge is 0.346 e. The molecule has 5 rings (SSSR count). The Kier molecular flexibility index (Phi) is 4.83. The third-order valence-electron chi connectivity index (χ3n) is 6.14. The van der Waals surface area contributed by atoms with Crippen molar-refractivity contribution < 1.29 is 4.79 Å². The number of carbonyl (C=O) groups excluding carboxylic acids is 1. The van der Waals surface area contributed by atoms with Crippen molar-refractivity contribution in [2.24, 2.45) is 5.92 Å². The molecular formula is C24H25N5O. The maximum Gasteiger partial charge on any atom is 0.254 e.